The van der Waals surface area contributed by atoms with E-state index in [1.54, 1.807) is 6.07 Å². The van der Waals surface area contributed by atoms with Crippen LogP contribution in [0.25, 0.3) is 0 Å². The standard InChI is InChI=1S/C25H25NO2/c1-16-4-9-19(10-5-16)15-22-24(21-13-8-18(3)14-23(21)27)26(25(22)28)20-11-6-17(2)7-12-20/h4-14,22,24,27H,15H2,1-3H3. The smallest absolute Gasteiger partial charge is 0.233 e. The molecular weight excluding hydrogens is 346 g/mol. The minimum absolute atomic E-state index is 0.106. The maximum atomic E-state index is 13.1. The highest BCUT2D eigenvalue weighted by atomic mass is 16.3. The van der Waals surface area contributed by atoms with Gasteiger partial charge in [0.25, 0.3) is 0 Å². The zero-order chi connectivity index (χ0) is 19.8. The average molecular weight is 371 g/mol. The molecule has 0 saturated carbocycles. The third-order valence-electron chi connectivity index (χ3n) is 5.61. The number of aromatic hydroxyl groups is 1. The number of hydrogen-bond donors (Lipinski definition) is 1. The molecule has 1 amide bonds. The molecule has 3 nitrogen and oxygen atoms in total. The van der Waals surface area contributed by atoms with Crippen LogP contribution >= 0.6 is 0 Å². The number of β-lactam (4-membered cyclic amide) rings is 1. The van der Waals surface area contributed by atoms with Gasteiger partial charge in [-0.05, 0) is 56.5 Å². The van der Waals surface area contributed by atoms with Crippen LogP contribution in [0.2, 0.25) is 0 Å². The Morgan fingerprint density at radius 3 is 2.00 bits per heavy atom. The molecule has 28 heavy (non-hydrogen) atoms. The van der Waals surface area contributed by atoms with Crippen molar-refractivity contribution in [2.75, 3.05) is 4.90 Å². The highest BCUT2D eigenvalue weighted by molar-refractivity contribution is 6.03. The lowest BCUT2D eigenvalue weighted by atomic mass is 9.77. The molecule has 142 valence electrons. The van der Waals surface area contributed by atoms with Gasteiger partial charge in [-0.3, -0.25) is 4.79 Å². The lowest BCUT2D eigenvalue weighted by Crippen LogP contribution is -2.56. The van der Waals surface area contributed by atoms with Crippen LogP contribution in [0.5, 0.6) is 5.75 Å². The van der Waals surface area contributed by atoms with Gasteiger partial charge in [-0.2, -0.15) is 0 Å². The SMILES string of the molecule is Cc1ccc(CC2C(=O)N(c3ccc(C)cc3)C2c2ccc(C)cc2O)cc1. The number of amides is 1. The summed E-state index contributed by atoms with van der Waals surface area (Å²) in [4.78, 5) is 14.9. The van der Waals surface area contributed by atoms with Gasteiger partial charge < -0.3 is 10.0 Å². The molecule has 0 bridgehead atoms. The Bertz CT molecular complexity index is 1010. The van der Waals surface area contributed by atoms with Crippen LogP contribution in [-0.2, 0) is 11.2 Å². The van der Waals surface area contributed by atoms with Crippen molar-refractivity contribution in [1.29, 1.82) is 0 Å². The van der Waals surface area contributed by atoms with Crippen LogP contribution in [-0.4, -0.2) is 11.0 Å². The van der Waals surface area contributed by atoms with E-state index in [9.17, 15) is 9.90 Å². The zero-order valence-corrected chi connectivity index (χ0v) is 16.5. The second-order valence-electron chi connectivity index (χ2n) is 7.85. The molecule has 3 heteroatoms. The maximum absolute atomic E-state index is 13.1. The summed E-state index contributed by atoms with van der Waals surface area (Å²) in [5, 5.41) is 10.6. The predicted octanol–water partition coefficient (Wildman–Crippen LogP) is 5.26. The summed E-state index contributed by atoms with van der Waals surface area (Å²) in [7, 11) is 0. The maximum Gasteiger partial charge on any atom is 0.233 e. The fourth-order valence-electron chi connectivity index (χ4n) is 3.98. The van der Waals surface area contributed by atoms with Crippen LogP contribution in [0, 0.1) is 26.7 Å². The number of aryl methyl sites for hydroxylation is 3. The van der Waals surface area contributed by atoms with Gasteiger partial charge in [0.15, 0.2) is 0 Å². The minimum atomic E-state index is -0.183. The van der Waals surface area contributed by atoms with Crippen molar-refractivity contribution in [3.8, 4) is 5.75 Å². The van der Waals surface area contributed by atoms with Gasteiger partial charge in [0.05, 0.1) is 12.0 Å². The highest BCUT2D eigenvalue weighted by Gasteiger charge is 2.49. The molecule has 3 aromatic carbocycles. The number of phenolic OH excluding ortho intramolecular Hbond substituents is 1. The Balaban J connectivity index is 1.71. The summed E-state index contributed by atoms with van der Waals surface area (Å²) in [6.07, 6.45) is 0.666. The van der Waals surface area contributed by atoms with E-state index >= 15 is 0 Å². The third-order valence-corrected chi connectivity index (χ3v) is 5.61. The summed E-state index contributed by atoms with van der Waals surface area (Å²) in [6, 6.07) is 21.9. The first-order valence-corrected chi connectivity index (χ1v) is 9.69. The lowest BCUT2D eigenvalue weighted by molar-refractivity contribution is -0.130. The second-order valence-corrected chi connectivity index (χ2v) is 7.85. The van der Waals surface area contributed by atoms with Gasteiger partial charge in [-0.25, -0.2) is 0 Å². The quantitative estimate of drug-likeness (QED) is 0.635. The molecule has 1 saturated heterocycles. The van der Waals surface area contributed by atoms with Gasteiger partial charge in [-0.1, -0.05) is 59.7 Å². The van der Waals surface area contributed by atoms with Crippen molar-refractivity contribution < 1.29 is 9.90 Å². The molecule has 1 heterocycles. The first-order chi connectivity index (χ1) is 13.4. The van der Waals surface area contributed by atoms with E-state index in [0.29, 0.717) is 6.42 Å². The first-order valence-electron chi connectivity index (χ1n) is 9.69. The summed E-state index contributed by atoms with van der Waals surface area (Å²) in [6.45, 7) is 6.05. The number of hydrogen-bond acceptors (Lipinski definition) is 2. The summed E-state index contributed by atoms with van der Waals surface area (Å²) in [5.41, 5.74) is 6.19. The van der Waals surface area contributed by atoms with Gasteiger partial charge in [0, 0.05) is 11.3 Å². The van der Waals surface area contributed by atoms with Gasteiger partial charge >= 0.3 is 0 Å². The van der Waals surface area contributed by atoms with Crippen molar-refractivity contribution in [2.45, 2.75) is 33.2 Å². The van der Waals surface area contributed by atoms with Crippen molar-refractivity contribution in [2.24, 2.45) is 5.92 Å². The fourth-order valence-corrected chi connectivity index (χ4v) is 3.98. The molecule has 0 radical (unpaired) electrons. The number of carbonyl (C=O) groups excluding carboxylic acids is 1. The number of carbonyl (C=O) groups is 1. The molecule has 0 spiro atoms. The average Bonchev–Trinajstić information content (AvgIpc) is 2.67. The molecule has 1 fully saturated rings. The van der Waals surface area contributed by atoms with Crippen molar-refractivity contribution in [3.63, 3.8) is 0 Å². The molecule has 1 N–H and O–H groups in total. The normalized spacial score (nSPS) is 18.8. The van der Waals surface area contributed by atoms with Crippen LogP contribution in [0.15, 0.2) is 66.7 Å². The minimum Gasteiger partial charge on any atom is -0.508 e. The van der Waals surface area contributed by atoms with E-state index in [2.05, 4.69) is 31.2 Å². The van der Waals surface area contributed by atoms with Crippen LogP contribution in [0.3, 0.4) is 0 Å². The molecule has 1 aliphatic heterocycles. The summed E-state index contributed by atoms with van der Waals surface area (Å²) >= 11 is 0. The van der Waals surface area contributed by atoms with Crippen molar-refractivity contribution in [1.82, 2.24) is 0 Å². The number of anilines is 1. The topological polar surface area (TPSA) is 40.5 Å². The molecule has 4 rings (SSSR count). The first kappa shape index (κ1) is 18.3. The Hall–Kier alpha value is -3.07. The molecular formula is C25H25NO2. The van der Waals surface area contributed by atoms with Crippen LogP contribution < -0.4 is 4.90 Å². The Morgan fingerprint density at radius 2 is 1.39 bits per heavy atom. The highest BCUT2D eigenvalue weighted by Crippen LogP contribution is 2.47. The van der Waals surface area contributed by atoms with Gasteiger partial charge in [0.1, 0.15) is 5.75 Å². The van der Waals surface area contributed by atoms with E-state index in [-0.39, 0.29) is 23.6 Å². The van der Waals surface area contributed by atoms with Gasteiger partial charge in [0.2, 0.25) is 5.91 Å². The van der Waals surface area contributed by atoms with E-state index in [0.717, 1.165) is 27.9 Å². The van der Waals surface area contributed by atoms with E-state index < -0.39 is 0 Å². The number of nitrogens with zero attached hydrogens (tertiary/aromatic N) is 1. The summed E-state index contributed by atoms with van der Waals surface area (Å²) < 4.78 is 0. The largest absolute Gasteiger partial charge is 0.508 e. The molecule has 0 aliphatic carbocycles. The molecule has 3 aromatic rings. The van der Waals surface area contributed by atoms with Crippen molar-refractivity contribution in [3.05, 3.63) is 94.5 Å². The number of rotatable bonds is 4. The number of phenols is 1. The van der Waals surface area contributed by atoms with Gasteiger partial charge in [-0.15, -0.1) is 0 Å². The number of benzene rings is 3. The van der Waals surface area contributed by atoms with Crippen molar-refractivity contribution >= 4 is 11.6 Å². The molecule has 2 atom stereocenters. The third kappa shape index (κ3) is 3.29. The monoisotopic (exact) mass is 371 g/mol. The summed E-state index contributed by atoms with van der Waals surface area (Å²) in [5.74, 6) is 0.176. The molecule has 1 aliphatic rings. The molecule has 2 unspecified atom stereocenters. The van der Waals surface area contributed by atoms with E-state index in [1.165, 1.54) is 5.56 Å². The lowest BCUT2D eigenvalue weighted by Gasteiger charge is -2.48. The molecule has 0 aromatic heterocycles. The van der Waals surface area contributed by atoms with E-state index in [4.69, 9.17) is 0 Å². The Kier molecular flexibility index (Phi) is 4.68. The van der Waals surface area contributed by atoms with E-state index in [1.807, 2.05) is 55.1 Å². The van der Waals surface area contributed by atoms with Crippen LogP contribution in [0.1, 0.15) is 33.9 Å². The Labute approximate surface area is 166 Å². The van der Waals surface area contributed by atoms with Crippen LogP contribution in [0.4, 0.5) is 5.69 Å². The second kappa shape index (κ2) is 7.16. The fraction of sp³-hybridized carbons (Fsp3) is 0.240. The zero-order valence-electron chi connectivity index (χ0n) is 16.5. The Morgan fingerprint density at radius 1 is 0.821 bits per heavy atom. The predicted molar refractivity (Wildman–Crippen MR) is 113 cm³/mol.